The normalized spacial score (nSPS) is 19.5. The highest BCUT2D eigenvalue weighted by atomic mass is 19.1. The van der Waals surface area contributed by atoms with Gasteiger partial charge in [-0.25, -0.2) is 4.39 Å². The maximum Gasteiger partial charge on any atom is 0.124 e. The number of aromatic nitrogens is 2. The van der Waals surface area contributed by atoms with Crippen LogP contribution in [0.25, 0.3) is 10.9 Å². The van der Waals surface area contributed by atoms with E-state index in [4.69, 9.17) is 0 Å². The summed E-state index contributed by atoms with van der Waals surface area (Å²) in [5, 5.41) is 10.6. The Morgan fingerprint density at radius 1 is 1.44 bits per heavy atom. The van der Waals surface area contributed by atoms with E-state index in [0.29, 0.717) is 0 Å². The van der Waals surface area contributed by atoms with Crippen LogP contribution >= 0.6 is 0 Å². The number of nitrogens with one attached hydrogen (secondary N) is 2. The maximum absolute atomic E-state index is 12.5. The molecular formula is C12H16FN3. The first-order chi connectivity index (χ1) is 7.75. The second-order valence-corrected chi connectivity index (χ2v) is 4.10. The van der Waals surface area contributed by atoms with Gasteiger partial charge in [-0.05, 0) is 44.5 Å². The number of fused-ring (bicyclic) bond motifs is 1. The standard InChI is InChI=1S/C7H5FN2.C5H11N/c8-6-1-2-7-5(3-6)4-9-10-7;1-5-3-2-4-6-5/h1-4H,(H,9,10);5-6H,2-4H2,1H3/t;5-/m.1/s1. The monoisotopic (exact) mass is 221 g/mol. The summed E-state index contributed by atoms with van der Waals surface area (Å²) >= 11 is 0. The van der Waals surface area contributed by atoms with E-state index < -0.39 is 0 Å². The summed E-state index contributed by atoms with van der Waals surface area (Å²) in [7, 11) is 0. The number of rotatable bonds is 0. The highest BCUT2D eigenvalue weighted by Crippen LogP contribution is 2.10. The summed E-state index contributed by atoms with van der Waals surface area (Å²) in [4.78, 5) is 0. The molecule has 16 heavy (non-hydrogen) atoms. The van der Waals surface area contributed by atoms with E-state index in [1.54, 1.807) is 12.3 Å². The van der Waals surface area contributed by atoms with E-state index >= 15 is 0 Å². The van der Waals surface area contributed by atoms with Gasteiger partial charge < -0.3 is 5.32 Å². The summed E-state index contributed by atoms with van der Waals surface area (Å²) in [6.45, 7) is 3.47. The largest absolute Gasteiger partial charge is 0.314 e. The van der Waals surface area contributed by atoms with Crippen LogP contribution in [0.3, 0.4) is 0 Å². The first-order valence-corrected chi connectivity index (χ1v) is 5.58. The van der Waals surface area contributed by atoms with E-state index in [1.807, 2.05) is 0 Å². The van der Waals surface area contributed by atoms with Crippen LogP contribution in [0.1, 0.15) is 19.8 Å². The molecule has 1 aliphatic rings. The minimum Gasteiger partial charge on any atom is -0.314 e. The Bertz CT molecular complexity index is 446. The van der Waals surface area contributed by atoms with E-state index in [-0.39, 0.29) is 5.82 Å². The molecule has 0 radical (unpaired) electrons. The molecule has 0 spiro atoms. The van der Waals surface area contributed by atoms with Crippen molar-refractivity contribution >= 4 is 10.9 Å². The molecule has 0 saturated carbocycles. The van der Waals surface area contributed by atoms with Gasteiger partial charge >= 0.3 is 0 Å². The Kier molecular flexibility index (Phi) is 3.51. The second kappa shape index (κ2) is 5.07. The van der Waals surface area contributed by atoms with Crippen molar-refractivity contribution < 1.29 is 4.39 Å². The Morgan fingerprint density at radius 3 is 2.94 bits per heavy atom. The first-order valence-electron chi connectivity index (χ1n) is 5.58. The molecule has 0 bridgehead atoms. The molecule has 0 amide bonds. The molecular weight excluding hydrogens is 205 g/mol. The molecule has 1 aromatic heterocycles. The molecule has 86 valence electrons. The van der Waals surface area contributed by atoms with E-state index in [9.17, 15) is 4.39 Å². The SMILES string of the molecule is C[C@@H]1CCCN1.Fc1ccc2[nH]ncc2c1. The van der Waals surface area contributed by atoms with E-state index in [1.165, 1.54) is 31.5 Å². The predicted molar refractivity (Wildman–Crippen MR) is 62.8 cm³/mol. The third kappa shape index (κ3) is 2.79. The van der Waals surface area contributed by atoms with Crippen LogP contribution in [0.2, 0.25) is 0 Å². The number of hydrogen-bond acceptors (Lipinski definition) is 2. The molecule has 2 heterocycles. The molecule has 3 nitrogen and oxygen atoms in total. The topological polar surface area (TPSA) is 40.7 Å². The number of H-pyrrole nitrogens is 1. The lowest BCUT2D eigenvalue weighted by atomic mass is 10.2. The van der Waals surface area contributed by atoms with Crippen molar-refractivity contribution in [2.75, 3.05) is 6.54 Å². The third-order valence-corrected chi connectivity index (χ3v) is 2.71. The van der Waals surface area contributed by atoms with Crippen molar-refractivity contribution in [3.8, 4) is 0 Å². The fourth-order valence-electron chi connectivity index (χ4n) is 1.77. The number of halogens is 1. The molecule has 0 aliphatic carbocycles. The first kappa shape index (κ1) is 11.1. The van der Waals surface area contributed by atoms with Crippen LogP contribution in [-0.2, 0) is 0 Å². The van der Waals surface area contributed by atoms with Gasteiger partial charge in [0.25, 0.3) is 0 Å². The summed E-state index contributed by atoms with van der Waals surface area (Å²) < 4.78 is 12.5. The van der Waals surface area contributed by atoms with Crippen LogP contribution < -0.4 is 5.32 Å². The summed E-state index contributed by atoms with van der Waals surface area (Å²) in [6.07, 6.45) is 4.35. The zero-order chi connectivity index (χ0) is 11.4. The van der Waals surface area contributed by atoms with Gasteiger partial charge in [0.05, 0.1) is 11.7 Å². The highest BCUT2D eigenvalue weighted by Gasteiger charge is 2.05. The zero-order valence-corrected chi connectivity index (χ0v) is 9.33. The molecule has 3 rings (SSSR count). The number of nitrogens with zero attached hydrogens (tertiary/aromatic N) is 1. The lowest BCUT2D eigenvalue weighted by Crippen LogP contribution is -2.16. The molecule has 1 saturated heterocycles. The van der Waals surface area contributed by atoms with Crippen LogP contribution in [0.15, 0.2) is 24.4 Å². The third-order valence-electron chi connectivity index (χ3n) is 2.71. The van der Waals surface area contributed by atoms with Crippen molar-refractivity contribution in [2.45, 2.75) is 25.8 Å². The molecule has 1 fully saturated rings. The molecule has 4 heteroatoms. The zero-order valence-electron chi connectivity index (χ0n) is 9.33. The molecule has 2 aromatic rings. The Hall–Kier alpha value is -1.42. The predicted octanol–water partition coefficient (Wildman–Crippen LogP) is 2.46. The van der Waals surface area contributed by atoms with Gasteiger partial charge in [0.1, 0.15) is 5.82 Å². The summed E-state index contributed by atoms with van der Waals surface area (Å²) in [6, 6.07) is 5.31. The van der Waals surface area contributed by atoms with Crippen molar-refractivity contribution in [3.63, 3.8) is 0 Å². The van der Waals surface area contributed by atoms with E-state index in [2.05, 4.69) is 22.4 Å². The fourth-order valence-corrected chi connectivity index (χ4v) is 1.77. The fraction of sp³-hybridized carbons (Fsp3) is 0.417. The molecule has 1 aliphatic heterocycles. The maximum atomic E-state index is 12.5. The van der Waals surface area contributed by atoms with Crippen molar-refractivity contribution in [1.29, 1.82) is 0 Å². The minimum absolute atomic E-state index is 0.228. The van der Waals surface area contributed by atoms with Crippen LogP contribution in [0.5, 0.6) is 0 Å². The number of benzene rings is 1. The van der Waals surface area contributed by atoms with Gasteiger partial charge in [0.2, 0.25) is 0 Å². The Labute approximate surface area is 94.1 Å². The average molecular weight is 221 g/mol. The van der Waals surface area contributed by atoms with Crippen molar-refractivity contribution in [3.05, 3.63) is 30.2 Å². The minimum atomic E-state index is -0.228. The Morgan fingerprint density at radius 2 is 2.31 bits per heavy atom. The quantitative estimate of drug-likeness (QED) is 0.717. The van der Waals surface area contributed by atoms with E-state index in [0.717, 1.165) is 16.9 Å². The smallest absolute Gasteiger partial charge is 0.124 e. The summed E-state index contributed by atoms with van der Waals surface area (Å²) in [5.41, 5.74) is 0.862. The van der Waals surface area contributed by atoms with Gasteiger partial charge in [0, 0.05) is 11.4 Å². The van der Waals surface area contributed by atoms with Crippen molar-refractivity contribution in [2.24, 2.45) is 0 Å². The lowest BCUT2D eigenvalue weighted by molar-refractivity contribution is 0.630. The van der Waals surface area contributed by atoms with Gasteiger partial charge in [-0.3, -0.25) is 5.10 Å². The number of hydrogen-bond donors (Lipinski definition) is 2. The van der Waals surface area contributed by atoms with Gasteiger partial charge in [-0.15, -0.1) is 0 Å². The average Bonchev–Trinajstić information content (AvgIpc) is 2.88. The second-order valence-electron chi connectivity index (χ2n) is 4.10. The van der Waals surface area contributed by atoms with Crippen LogP contribution in [0.4, 0.5) is 4.39 Å². The molecule has 1 aromatic carbocycles. The van der Waals surface area contributed by atoms with Crippen molar-refractivity contribution in [1.82, 2.24) is 15.5 Å². The van der Waals surface area contributed by atoms with Gasteiger partial charge in [0.15, 0.2) is 0 Å². The number of aromatic amines is 1. The van der Waals surface area contributed by atoms with Crippen LogP contribution in [-0.4, -0.2) is 22.8 Å². The highest BCUT2D eigenvalue weighted by molar-refractivity contribution is 5.77. The molecule has 1 atom stereocenters. The molecule has 2 N–H and O–H groups in total. The Balaban J connectivity index is 0.000000138. The van der Waals surface area contributed by atoms with Crippen LogP contribution in [0, 0.1) is 5.82 Å². The molecule has 0 unspecified atom stereocenters. The van der Waals surface area contributed by atoms with Gasteiger partial charge in [-0.1, -0.05) is 0 Å². The van der Waals surface area contributed by atoms with Gasteiger partial charge in [-0.2, -0.15) is 5.10 Å². The lowest BCUT2D eigenvalue weighted by Gasteiger charge is -1.95. The summed E-state index contributed by atoms with van der Waals surface area (Å²) in [5.74, 6) is -0.228.